The second kappa shape index (κ2) is 9.00. The molecule has 1 aliphatic rings. The number of carbonyl (C=O) groups excluding carboxylic acids is 1. The molecule has 8 nitrogen and oxygen atoms in total. The number of halogens is 1. The van der Waals surface area contributed by atoms with Crippen LogP contribution in [0.5, 0.6) is 11.5 Å². The highest BCUT2D eigenvalue weighted by atomic mass is 35.5. The average molecular weight is 420 g/mol. The van der Waals surface area contributed by atoms with Crippen molar-refractivity contribution in [2.45, 2.75) is 19.3 Å². The lowest BCUT2D eigenvalue weighted by Gasteiger charge is -2.30. The number of piperidine rings is 1. The van der Waals surface area contributed by atoms with Crippen LogP contribution in [0.4, 0.5) is 17.1 Å². The quantitative estimate of drug-likeness (QED) is 0.547. The van der Waals surface area contributed by atoms with Gasteiger partial charge in [-0.25, -0.2) is 0 Å². The molecule has 0 bridgehead atoms. The predicted octanol–water partition coefficient (Wildman–Crippen LogP) is 4.51. The molecule has 1 amide bonds. The number of ether oxygens (including phenoxy) is 2. The highest BCUT2D eigenvalue weighted by Gasteiger charge is 2.23. The van der Waals surface area contributed by atoms with Crippen LogP contribution in [0, 0.1) is 10.1 Å². The molecule has 0 aliphatic carbocycles. The number of nitro benzene ring substituents is 1. The van der Waals surface area contributed by atoms with Gasteiger partial charge in [0.2, 0.25) is 0 Å². The normalized spacial score (nSPS) is 13.7. The molecule has 1 fully saturated rings. The summed E-state index contributed by atoms with van der Waals surface area (Å²) in [7, 11) is 2.94. The lowest BCUT2D eigenvalue weighted by Crippen LogP contribution is -2.31. The first kappa shape index (κ1) is 20.7. The van der Waals surface area contributed by atoms with Gasteiger partial charge in [-0.1, -0.05) is 11.6 Å². The van der Waals surface area contributed by atoms with Gasteiger partial charge in [0.25, 0.3) is 11.6 Å². The zero-order chi connectivity index (χ0) is 21.0. The van der Waals surface area contributed by atoms with Crippen molar-refractivity contribution in [2.24, 2.45) is 0 Å². The first-order valence-corrected chi connectivity index (χ1v) is 9.58. The summed E-state index contributed by atoms with van der Waals surface area (Å²) in [5, 5.41) is 14.3. The minimum Gasteiger partial charge on any atom is -0.495 e. The van der Waals surface area contributed by atoms with Crippen molar-refractivity contribution in [2.75, 3.05) is 37.5 Å². The molecular formula is C20H22ClN3O5. The zero-order valence-corrected chi connectivity index (χ0v) is 17.0. The van der Waals surface area contributed by atoms with Crippen molar-refractivity contribution in [1.29, 1.82) is 0 Å². The van der Waals surface area contributed by atoms with Gasteiger partial charge in [-0.3, -0.25) is 14.9 Å². The average Bonchev–Trinajstić information content (AvgIpc) is 2.74. The van der Waals surface area contributed by atoms with Crippen LogP contribution >= 0.6 is 11.6 Å². The molecule has 3 rings (SSSR count). The van der Waals surface area contributed by atoms with E-state index in [1.165, 1.54) is 32.4 Å². The summed E-state index contributed by atoms with van der Waals surface area (Å²) >= 11 is 6.18. The summed E-state index contributed by atoms with van der Waals surface area (Å²) in [5.41, 5.74) is 1.11. The van der Waals surface area contributed by atoms with Gasteiger partial charge in [-0.15, -0.1) is 0 Å². The van der Waals surface area contributed by atoms with E-state index in [2.05, 4.69) is 10.2 Å². The molecule has 1 aliphatic heterocycles. The third kappa shape index (κ3) is 4.54. The van der Waals surface area contributed by atoms with E-state index in [4.69, 9.17) is 21.1 Å². The minimum absolute atomic E-state index is 0.143. The molecular weight excluding hydrogens is 398 g/mol. The van der Waals surface area contributed by atoms with Crippen LogP contribution in [0.2, 0.25) is 5.02 Å². The molecule has 9 heteroatoms. The Labute approximate surface area is 173 Å². The molecule has 2 aromatic carbocycles. The summed E-state index contributed by atoms with van der Waals surface area (Å²) in [4.78, 5) is 25.9. The topological polar surface area (TPSA) is 93.9 Å². The molecule has 1 saturated heterocycles. The minimum atomic E-state index is -0.512. The fourth-order valence-corrected chi connectivity index (χ4v) is 3.62. The maximum Gasteiger partial charge on any atom is 0.270 e. The highest BCUT2D eigenvalue weighted by Crippen LogP contribution is 2.37. The molecule has 29 heavy (non-hydrogen) atoms. The van der Waals surface area contributed by atoms with E-state index in [9.17, 15) is 14.9 Å². The maximum atomic E-state index is 13.1. The Kier molecular flexibility index (Phi) is 6.43. The molecule has 1 heterocycles. The van der Waals surface area contributed by atoms with Crippen LogP contribution in [-0.4, -0.2) is 38.1 Å². The van der Waals surface area contributed by atoms with Crippen molar-refractivity contribution in [3.8, 4) is 11.5 Å². The predicted molar refractivity (Wildman–Crippen MR) is 112 cm³/mol. The Morgan fingerprint density at radius 2 is 1.79 bits per heavy atom. The molecule has 0 spiro atoms. The van der Waals surface area contributed by atoms with E-state index in [1.807, 2.05) is 0 Å². The van der Waals surface area contributed by atoms with Gasteiger partial charge >= 0.3 is 0 Å². The number of carbonyl (C=O) groups is 1. The van der Waals surface area contributed by atoms with Gasteiger partial charge in [0.15, 0.2) is 0 Å². The number of anilines is 2. The van der Waals surface area contributed by atoms with Crippen LogP contribution in [0.3, 0.4) is 0 Å². The molecule has 0 unspecified atom stereocenters. The molecule has 0 atom stereocenters. The van der Waals surface area contributed by atoms with Crippen LogP contribution in [0.25, 0.3) is 0 Å². The van der Waals surface area contributed by atoms with E-state index >= 15 is 0 Å². The molecule has 1 N–H and O–H groups in total. The Morgan fingerprint density at radius 1 is 1.10 bits per heavy atom. The summed E-state index contributed by atoms with van der Waals surface area (Å²) in [6.45, 7) is 1.60. The number of methoxy groups -OCH3 is 2. The van der Waals surface area contributed by atoms with E-state index < -0.39 is 10.8 Å². The monoisotopic (exact) mass is 419 g/mol. The third-order valence-corrected chi connectivity index (χ3v) is 5.15. The number of nitrogens with one attached hydrogen (secondary N) is 1. The number of nitro groups is 1. The Hall–Kier alpha value is -3.00. The van der Waals surface area contributed by atoms with Crippen molar-refractivity contribution < 1.29 is 19.2 Å². The number of benzene rings is 2. The van der Waals surface area contributed by atoms with Gasteiger partial charge in [0, 0.05) is 31.3 Å². The molecule has 0 radical (unpaired) electrons. The Balaban J connectivity index is 1.98. The number of nitrogens with zero attached hydrogens (tertiary/aromatic N) is 2. The van der Waals surface area contributed by atoms with Crippen molar-refractivity contribution in [1.82, 2.24) is 0 Å². The van der Waals surface area contributed by atoms with Crippen LogP contribution in [0.15, 0.2) is 30.3 Å². The first-order chi connectivity index (χ1) is 13.9. The fraction of sp³-hybridized carbons (Fsp3) is 0.350. The SMILES string of the molecule is COc1cc(OC)c(NC(=O)c2cc([N+](=O)[O-])ccc2N2CCCCC2)cc1Cl. The smallest absolute Gasteiger partial charge is 0.270 e. The van der Waals surface area contributed by atoms with Crippen LogP contribution in [-0.2, 0) is 0 Å². The number of non-ortho nitro benzene ring substituents is 1. The first-order valence-electron chi connectivity index (χ1n) is 9.21. The number of amides is 1. The van der Waals surface area contributed by atoms with E-state index in [0.29, 0.717) is 27.9 Å². The Bertz CT molecular complexity index is 929. The summed E-state index contributed by atoms with van der Waals surface area (Å²) in [5.74, 6) is 0.296. The van der Waals surface area contributed by atoms with Gasteiger partial charge in [0.05, 0.1) is 41.1 Å². The van der Waals surface area contributed by atoms with Gasteiger partial charge in [-0.2, -0.15) is 0 Å². The van der Waals surface area contributed by atoms with Crippen molar-refractivity contribution >= 4 is 34.6 Å². The molecule has 0 saturated carbocycles. The zero-order valence-electron chi connectivity index (χ0n) is 16.2. The maximum absolute atomic E-state index is 13.1. The van der Waals surface area contributed by atoms with Gasteiger partial charge in [0.1, 0.15) is 11.5 Å². The van der Waals surface area contributed by atoms with Crippen molar-refractivity contribution in [3.05, 3.63) is 51.0 Å². The lowest BCUT2D eigenvalue weighted by atomic mass is 10.1. The van der Waals surface area contributed by atoms with Gasteiger partial charge < -0.3 is 19.7 Å². The molecule has 154 valence electrons. The third-order valence-electron chi connectivity index (χ3n) is 4.85. The van der Waals surface area contributed by atoms with E-state index in [-0.39, 0.29) is 11.3 Å². The second-order valence-electron chi connectivity index (χ2n) is 6.65. The van der Waals surface area contributed by atoms with Crippen LogP contribution < -0.4 is 19.7 Å². The standard InChI is InChI=1S/C20H22ClN3O5/c1-28-18-12-19(29-2)16(11-15(18)21)22-20(25)14-10-13(24(26)27)6-7-17(14)23-8-4-3-5-9-23/h6-7,10-12H,3-5,8-9H2,1-2H3,(H,22,25). The second-order valence-corrected chi connectivity index (χ2v) is 7.05. The largest absolute Gasteiger partial charge is 0.495 e. The molecule has 2 aromatic rings. The summed E-state index contributed by atoms with van der Waals surface area (Å²) in [6, 6.07) is 7.45. The van der Waals surface area contributed by atoms with Crippen LogP contribution in [0.1, 0.15) is 29.6 Å². The van der Waals surface area contributed by atoms with E-state index in [0.717, 1.165) is 32.4 Å². The van der Waals surface area contributed by atoms with Gasteiger partial charge in [-0.05, 0) is 31.4 Å². The fourth-order valence-electron chi connectivity index (χ4n) is 3.38. The van der Waals surface area contributed by atoms with Crippen molar-refractivity contribution in [3.63, 3.8) is 0 Å². The number of rotatable bonds is 6. The summed E-state index contributed by atoms with van der Waals surface area (Å²) < 4.78 is 10.5. The van der Waals surface area contributed by atoms with E-state index in [1.54, 1.807) is 12.1 Å². The lowest BCUT2D eigenvalue weighted by molar-refractivity contribution is -0.384. The number of hydrogen-bond donors (Lipinski definition) is 1. The molecule has 0 aromatic heterocycles. The summed E-state index contributed by atoms with van der Waals surface area (Å²) in [6.07, 6.45) is 3.16. The number of hydrogen-bond acceptors (Lipinski definition) is 6. The highest BCUT2D eigenvalue weighted by molar-refractivity contribution is 6.32. The Morgan fingerprint density at radius 3 is 2.41 bits per heavy atom.